The Kier molecular flexibility index (Phi) is 6.34. The van der Waals surface area contributed by atoms with Crippen LogP contribution < -0.4 is 19.9 Å². The van der Waals surface area contributed by atoms with Gasteiger partial charge in [-0.3, -0.25) is 0 Å². The van der Waals surface area contributed by atoms with E-state index in [-0.39, 0.29) is 17.2 Å². The molecule has 6 nitrogen and oxygen atoms in total. The molecule has 164 valence electrons. The number of hydrogen-bond donors (Lipinski definition) is 1. The van der Waals surface area contributed by atoms with Crippen LogP contribution in [0.1, 0.15) is 22.6 Å². The minimum atomic E-state index is -0.547. The largest absolute Gasteiger partial charge is 0.497 e. The van der Waals surface area contributed by atoms with Crippen LogP contribution in [0, 0.1) is 11.3 Å². The smallest absolute Gasteiger partial charge is 0.336 e. The number of carbonyl (C=O) groups is 1. The van der Waals surface area contributed by atoms with E-state index in [1.807, 2.05) is 24.3 Å². The normalized spacial score (nSPS) is 14.9. The van der Waals surface area contributed by atoms with Crippen LogP contribution in [0.25, 0.3) is 6.08 Å². The Morgan fingerprint density at radius 3 is 2.58 bits per heavy atom. The molecule has 0 fully saturated rings. The summed E-state index contributed by atoms with van der Waals surface area (Å²) in [6.45, 7) is 0. The molecular formula is C26H19ClN2O4. The highest BCUT2D eigenvalue weighted by atomic mass is 35.5. The van der Waals surface area contributed by atoms with Crippen LogP contribution in [-0.4, -0.2) is 13.1 Å². The lowest BCUT2D eigenvalue weighted by Crippen LogP contribution is -2.21. The van der Waals surface area contributed by atoms with E-state index >= 15 is 0 Å². The summed E-state index contributed by atoms with van der Waals surface area (Å²) in [6, 6.07) is 21.6. The number of fused-ring (bicyclic) bond motifs is 1. The molecule has 0 aromatic heterocycles. The molecule has 3 aromatic rings. The Morgan fingerprint density at radius 2 is 1.88 bits per heavy atom. The highest BCUT2D eigenvalue weighted by Gasteiger charge is 2.31. The number of benzene rings is 3. The Balaban J connectivity index is 1.57. The summed E-state index contributed by atoms with van der Waals surface area (Å²) in [4.78, 5) is 12.3. The molecule has 2 N–H and O–H groups in total. The minimum absolute atomic E-state index is 0.00199. The number of allylic oxidation sites excluding steroid dienone is 1. The maximum absolute atomic E-state index is 12.3. The minimum Gasteiger partial charge on any atom is -0.497 e. The summed E-state index contributed by atoms with van der Waals surface area (Å²) in [5.41, 5.74) is 8.67. The molecule has 4 rings (SSSR count). The van der Waals surface area contributed by atoms with Crippen molar-refractivity contribution in [3.63, 3.8) is 0 Å². The number of nitriles is 1. The molecule has 1 aliphatic heterocycles. The van der Waals surface area contributed by atoms with E-state index in [0.717, 1.165) is 22.4 Å². The zero-order valence-corrected chi connectivity index (χ0v) is 18.4. The maximum Gasteiger partial charge on any atom is 0.336 e. The molecular weight excluding hydrogens is 440 g/mol. The van der Waals surface area contributed by atoms with Gasteiger partial charge in [0, 0.05) is 22.7 Å². The van der Waals surface area contributed by atoms with E-state index in [1.165, 1.54) is 6.08 Å². The molecule has 33 heavy (non-hydrogen) atoms. The number of halogens is 1. The Bertz CT molecular complexity index is 1310. The lowest BCUT2D eigenvalue weighted by molar-refractivity contribution is -0.128. The number of rotatable bonds is 5. The topological polar surface area (TPSA) is 94.6 Å². The third-order valence-electron chi connectivity index (χ3n) is 5.12. The van der Waals surface area contributed by atoms with Crippen LogP contribution in [0.4, 0.5) is 0 Å². The van der Waals surface area contributed by atoms with E-state index < -0.39 is 11.9 Å². The van der Waals surface area contributed by atoms with Crippen molar-refractivity contribution in [2.75, 3.05) is 7.11 Å². The number of nitrogens with zero attached hydrogens (tertiary/aromatic N) is 1. The zero-order valence-electron chi connectivity index (χ0n) is 17.6. The van der Waals surface area contributed by atoms with Crippen LogP contribution in [0.2, 0.25) is 5.02 Å². The summed E-state index contributed by atoms with van der Waals surface area (Å²) in [6.07, 6.45) is 2.98. The van der Waals surface area contributed by atoms with Crippen LogP contribution in [0.5, 0.6) is 17.2 Å². The number of carbonyl (C=O) groups excluding carboxylic acids is 1. The van der Waals surface area contributed by atoms with Gasteiger partial charge >= 0.3 is 5.97 Å². The van der Waals surface area contributed by atoms with Gasteiger partial charge in [0.2, 0.25) is 5.88 Å². The predicted octanol–water partition coefficient (Wildman–Crippen LogP) is 5.19. The molecule has 0 saturated carbocycles. The average Bonchev–Trinajstić information content (AvgIpc) is 2.82. The summed E-state index contributed by atoms with van der Waals surface area (Å²) in [5.74, 6) is 0.425. The van der Waals surface area contributed by atoms with E-state index in [1.54, 1.807) is 55.7 Å². The molecule has 7 heteroatoms. The number of nitrogens with two attached hydrogens (primary N) is 1. The Hall–Kier alpha value is -4.21. The number of hydrogen-bond acceptors (Lipinski definition) is 6. The first-order valence-electron chi connectivity index (χ1n) is 9.99. The highest BCUT2D eigenvalue weighted by molar-refractivity contribution is 6.30. The van der Waals surface area contributed by atoms with Crippen molar-refractivity contribution in [1.29, 1.82) is 5.26 Å². The van der Waals surface area contributed by atoms with Gasteiger partial charge in [0.05, 0.1) is 13.0 Å². The van der Waals surface area contributed by atoms with Gasteiger partial charge in [-0.05, 0) is 47.5 Å². The number of ether oxygens (including phenoxy) is 3. The average molecular weight is 459 g/mol. The molecule has 0 bridgehead atoms. The van der Waals surface area contributed by atoms with Crippen molar-refractivity contribution < 1.29 is 19.0 Å². The monoisotopic (exact) mass is 458 g/mol. The zero-order chi connectivity index (χ0) is 23.4. The van der Waals surface area contributed by atoms with Crippen molar-refractivity contribution in [2.45, 2.75) is 5.92 Å². The lowest BCUT2D eigenvalue weighted by atomic mass is 9.83. The molecule has 1 unspecified atom stereocenters. The Morgan fingerprint density at radius 1 is 1.12 bits per heavy atom. The second-order valence-corrected chi connectivity index (χ2v) is 7.64. The summed E-state index contributed by atoms with van der Waals surface area (Å²) >= 11 is 6.16. The second kappa shape index (κ2) is 9.51. The van der Waals surface area contributed by atoms with E-state index in [0.29, 0.717) is 10.8 Å². The van der Waals surface area contributed by atoms with Crippen molar-refractivity contribution >= 4 is 23.6 Å². The van der Waals surface area contributed by atoms with E-state index in [9.17, 15) is 10.1 Å². The Labute approximate surface area is 196 Å². The predicted molar refractivity (Wildman–Crippen MR) is 125 cm³/mol. The SMILES string of the molecule is COc1ccc(/C=C/C(=O)Oc2ccc3c(c2)OC(N)=C(C#N)C3c2cccc(Cl)c2)cc1. The summed E-state index contributed by atoms with van der Waals surface area (Å²) in [5, 5.41) is 10.2. The van der Waals surface area contributed by atoms with E-state index in [2.05, 4.69) is 6.07 Å². The first-order valence-corrected chi connectivity index (χ1v) is 10.4. The van der Waals surface area contributed by atoms with Crippen molar-refractivity contribution in [3.05, 3.63) is 106 Å². The maximum atomic E-state index is 12.3. The molecule has 1 aliphatic rings. The van der Waals surface area contributed by atoms with Crippen molar-refractivity contribution in [1.82, 2.24) is 0 Å². The van der Waals surface area contributed by atoms with Gasteiger partial charge in [0.1, 0.15) is 28.9 Å². The van der Waals surface area contributed by atoms with Gasteiger partial charge < -0.3 is 19.9 Å². The molecule has 0 saturated heterocycles. The van der Waals surface area contributed by atoms with E-state index in [4.69, 9.17) is 31.5 Å². The number of esters is 1. The molecule has 1 atom stereocenters. The molecule has 0 spiro atoms. The van der Waals surface area contributed by atoms with Gasteiger partial charge in [0.25, 0.3) is 0 Å². The van der Waals surface area contributed by atoms with Gasteiger partial charge in [-0.2, -0.15) is 5.26 Å². The highest BCUT2D eigenvalue weighted by Crippen LogP contribution is 2.43. The van der Waals surface area contributed by atoms with Gasteiger partial charge in [0.15, 0.2) is 0 Å². The third kappa shape index (κ3) is 4.84. The summed E-state index contributed by atoms with van der Waals surface area (Å²) in [7, 11) is 1.59. The van der Waals surface area contributed by atoms with Crippen molar-refractivity contribution in [3.8, 4) is 23.3 Å². The lowest BCUT2D eigenvalue weighted by Gasteiger charge is -2.26. The standard InChI is InChI=1S/C26H19ClN2O4/c1-31-19-8-5-16(6-9-19)7-12-24(30)32-20-10-11-21-23(14-20)33-26(29)22(15-28)25(21)17-3-2-4-18(27)13-17/h2-14,25H,29H2,1H3/b12-7+. The molecule has 3 aromatic carbocycles. The fourth-order valence-corrected chi connectivity index (χ4v) is 3.76. The molecule has 1 heterocycles. The molecule has 0 amide bonds. The first kappa shape index (κ1) is 22.0. The molecule has 0 radical (unpaired) electrons. The fourth-order valence-electron chi connectivity index (χ4n) is 3.56. The quantitative estimate of drug-likeness (QED) is 0.321. The molecule has 0 aliphatic carbocycles. The van der Waals surface area contributed by atoms with Crippen molar-refractivity contribution in [2.24, 2.45) is 5.73 Å². The second-order valence-electron chi connectivity index (χ2n) is 7.21. The number of methoxy groups -OCH3 is 1. The van der Waals surface area contributed by atoms with Crippen LogP contribution in [0.15, 0.2) is 84.3 Å². The third-order valence-corrected chi connectivity index (χ3v) is 5.35. The summed E-state index contributed by atoms with van der Waals surface area (Å²) < 4.78 is 16.2. The van der Waals surface area contributed by atoms with Crippen LogP contribution in [0.3, 0.4) is 0 Å². The van der Waals surface area contributed by atoms with Gasteiger partial charge in [-0.15, -0.1) is 0 Å². The van der Waals surface area contributed by atoms with Gasteiger partial charge in [-0.25, -0.2) is 4.79 Å². The first-order chi connectivity index (χ1) is 16.0. The fraction of sp³-hybridized carbons (Fsp3) is 0.0769. The van der Waals surface area contributed by atoms with Crippen LogP contribution in [-0.2, 0) is 4.79 Å². The van der Waals surface area contributed by atoms with Crippen LogP contribution >= 0.6 is 11.6 Å². The van der Waals surface area contributed by atoms with Gasteiger partial charge in [-0.1, -0.05) is 41.9 Å².